The van der Waals surface area contributed by atoms with Crippen LogP contribution < -0.4 is 4.74 Å². The predicted molar refractivity (Wildman–Crippen MR) is 130 cm³/mol. The Morgan fingerprint density at radius 1 is 1.23 bits per heavy atom. The van der Waals surface area contributed by atoms with Gasteiger partial charge in [0.15, 0.2) is 0 Å². The number of carbonyl (C=O) groups is 1. The highest BCUT2D eigenvalue weighted by molar-refractivity contribution is 5.80. The number of aliphatic imine (C=N–C) groups is 1. The van der Waals surface area contributed by atoms with Crippen molar-refractivity contribution in [1.29, 1.82) is 0 Å². The molecule has 1 aliphatic carbocycles. The number of nitrogens with zero attached hydrogens (tertiary/aromatic N) is 6. The number of ether oxygens (including phenoxy) is 3. The van der Waals surface area contributed by atoms with Crippen molar-refractivity contribution in [1.82, 2.24) is 24.4 Å². The first-order chi connectivity index (χ1) is 16.8. The van der Waals surface area contributed by atoms with Crippen LogP contribution in [0, 0.1) is 5.92 Å². The van der Waals surface area contributed by atoms with Gasteiger partial charge in [-0.2, -0.15) is 15.2 Å². The number of amides is 1. The van der Waals surface area contributed by atoms with Crippen LogP contribution in [0.25, 0.3) is 16.8 Å². The van der Waals surface area contributed by atoms with Crippen LogP contribution in [0.2, 0.25) is 0 Å². The van der Waals surface area contributed by atoms with Crippen molar-refractivity contribution in [3.05, 3.63) is 30.9 Å². The molecule has 0 aromatic carbocycles. The van der Waals surface area contributed by atoms with E-state index < -0.39 is 11.7 Å². The van der Waals surface area contributed by atoms with Crippen LogP contribution in [0.1, 0.15) is 58.9 Å². The molecule has 10 nitrogen and oxygen atoms in total. The summed E-state index contributed by atoms with van der Waals surface area (Å²) in [5.41, 5.74) is 1.92. The first-order valence-corrected chi connectivity index (χ1v) is 12.2. The second kappa shape index (κ2) is 9.77. The Kier molecular flexibility index (Phi) is 6.55. The minimum atomic E-state index is -0.555. The van der Waals surface area contributed by atoms with E-state index in [9.17, 15) is 4.79 Å². The lowest BCUT2D eigenvalue weighted by atomic mass is 9.88. The zero-order valence-electron chi connectivity index (χ0n) is 20.5. The topological polar surface area (TPSA) is 105 Å². The summed E-state index contributed by atoms with van der Waals surface area (Å²) in [6.07, 6.45) is 13.2. The highest BCUT2D eigenvalue weighted by atomic mass is 16.6. The number of hydrogen-bond acceptors (Lipinski definition) is 7. The average molecular weight is 481 g/mol. The van der Waals surface area contributed by atoms with Crippen molar-refractivity contribution < 1.29 is 19.0 Å². The molecule has 1 saturated carbocycles. The molecular weight excluding hydrogens is 448 g/mol. The van der Waals surface area contributed by atoms with Gasteiger partial charge in [-0.3, -0.25) is 4.68 Å². The summed E-state index contributed by atoms with van der Waals surface area (Å²) < 4.78 is 20.9. The third-order valence-corrected chi connectivity index (χ3v) is 6.26. The molecule has 10 heteroatoms. The predicted octanol–water partition coefficient (Wildman–Crippen LogP) is 4.50. The van der Waals surface area contributed by atoms with E-state index in [1.807, 2.05) is 50.1 Å². The summed E-state index contributed by atoms with van der Waals surface area (Å²) >= 11 is 0. The molecule has 0 bridgehead atoms. The van der Waals surface area contributed by atoms with Crippen molar-refractivity contribution in [2.24, 2.45) is 10.9 Å². The maximum atomic E-state index is 12.0. The molecule has 186 valence electrons. The summed E-state index contributed by atoms with van der Waals surface area (Å²) in [5.74, 6) is 0.698. The van der Waals surface area contributed by atoms with Crippen molar-refractivity contribution in [3.63, 3.8) is 0 Å². The van der Waals surface area contributed by atoms with Crippen LogP contribution >= 0.6 is 0 Å². The maximum absolute atomic E-state index is 12.0. The van der Waals surface area contributed by atoms with Gasteiger partial charge in [-0.05, 0) is 64.9 Å². The number of fused-ring (bicyclic) bond motifs is 1. The minimum absolute atomic E-state index is 0.0290. The average Bonchev–Trinajstić information content (AvgIpc) is 3.58. The Morgan fingerprint density at radius 2 is 2.11 bits per heavy atom. The lowest BCUT2D eigenvalue weighted by molar-refractivity contribution is 0.0603. The van der Waals surface area contributed by atoms with Gasteiger partial charge in [0.05, 0.1) is 36.9 Å². The van der Waals surface area contributed by atoms with Crippen molar-refractivity contribution in [2.75, 3.05) is 13.2 Å². The summed E-state index contributed by atoms with van der Waals surface area (Å²) in [6.45, 7) is 6.94. The quantitative estimate of drug-likeness (QED) is 0.495. The minimum Gasteiger partial charge on any atom is -0.473 e. The van der Waals surface area contributed by atoms with Gasteiger partial charge in [-0.25, -0.2) is 14.3 Å². The fourth-order valence-electron chi connectivity index (χ4n) is 4.56. The molecule has 2 fully saturated rings. The summed E-state index contributed by atoms with van der Waals surface area (Å²) in [5, 5.41) is 8.94. The third kappa shape index (κ3) is 5.70. The summed E-state index contributed by atoms with van der Waals surface area (Å²) in [6, 6.07) is 2.16. The van der Waals surface area contributed by atoms with Crippen LogP contribution in [0.5, 0.6) is 5.88 Å². The molecule has 0 spiro atoms. The van der Waals surface area contributed by atoms with E-state index in [2.05, 4.69) is 15.2 Å². The van der Waals surface area contributed by atoms with Gasteiger partial charge < -0.3 is 14.2 Å². The molecule has 3 atom stereocenters. The van der Waals surface area contributed by atoms with E-state index in [-0.39, 0.29) is 18.1 Å². The van der Waals surface area contributed by atoms with Crippen LogP contribution in [-0.2, 0) is 9.47 Å². The molecule has 2 aliphatic rings. The lowest BCUT2D eigenvalue weighted by Crippen LogP contribution is -2.27. The van der Waals surface area contributed by atoms with E-state index in [0.29, 0.717) is 12.5 Å². The first kappa shape index (κ1) is 23.5. The molecule has 1 aliphatic heterocycles. The molecule has 2 unspecified atom stereocenters. The van der Waals surface area contributed by atoms with Crippen LogP contribution in [0.4, 0.5) is 4.79 Å². The fourth-order valence-corrected chi connectivity index (χ4v) is 4.56. The number of hydrogen-bond donors (Lipinski definition) is 0. The smallest absolute Gasteiger partial charge is 0.433 e. The normalized spacial score (nSPS) is 23.2. The number of carbonyl (C=O) groups excluding carboxylic acids is 1. The molecule has 3 aromatic rings. The van der Waals surface area contributed by atoms with Gasteiger partial charge in [0.25, 0.3) is 0 Å². The molecule has 35 heavy (non-hydrogen) atoms. The Hall–Kier alpha value is -3.27. The van der Waals surface area contributed by atoms with Gasteiger partial charge >= 0.3 is 6.09 Å². The monoisotopic (exact) mass is 480 g/mol. The van der Waals surface area contributed by atoms with E-state index >= 15 is 0 Å². The van der Waals surface area contributed by atoms with E-state index in [4.69, 9.17) is 19.2 Å². The maximum Gasteiger partial charge on any atom is 0.433 e. The molecule has 3 aromatic heterocycles. The van der Waals surface area contributed by atoms with Gasteiger partial charge in [-0.1, -0.05) is 0 Å². The SMILES string of the molecule is CC(C)(C)OC(=O)N=CC1CCC[C@@H](Oc2nc(-c3cnn(C4CCOC4)c3)cn3nccc23)C1. The second-order valence-corrected chi connectivity index (χ2v) is 10.2. The highest BCUT2D eigenvalue weighted by Gasteiger charge is 2.25. The van der Waals surface area contributed by atoms with Crippen molar-refractivity contribution in [3.8, 4) is 17.1 Å². The number of aromatic nitrogens is 5. The first-order valence-electron chi connectivity index (χ1n) is 12.2. The van der Waals surface area contributed by atoms with Gasteiger partial charge in [-0.15, -0.1) is 0 Å². The number of rotatable bonds is 5. The van der Waals surface area contributed by atoms with Crippen LogP contribution in [0.15, 0.2) is 35.8 Å². The molecular formula is C25H32N6O4. The molecule has 5 rings (SSSR count). The molecule has 1 saturated heterocycles. The highest BCUT2D eigenvalue weighted by Crippen LogP contribution is 2.30. The van der Waals surface area contributed by atoms with Crippen molar-refractivity contribution in [2.45, 2.75) is 70.6 Å². The Labute approximate surface area is 204 Å². The van der Waals surface area contributed by atoms with E-state index in [0.717, 1.165) is 55.5 Å². The Balaban J connectivity index is 1.31. The molecule has 4 heterocycles. The molecule has 0 N–H and O–H groups in total. The van der Waals surface area contributed by atoms with E-state index in [1.165, 1.54) is 0 Å². The second-order valence-electron chi connectivity index (χ2n) is 10.2. The largest absolute Gasteiger partial charge is 0.473 e. The Morgan fingerprint density at radius 3 is 2.91 bits per heavy atom. The lowest BCUT2D eigenvalue weighted by Gasteiger charge is -2.27. The van der Waals surface area contributed by atoms with Gasteiger partial charge in [0.2, 0.25) is 5.88 Å². The van der Waals surface area contributed by atoms with Crippen LogP contribution in [-0.4, -0.2) is 61.6 Å². The van der Waals surface area contributed by atoms with Gasteiger partial charge in [0.1, 0.15) is 17.2 Å². The third-order valence-electron chi connectivity index (χ3n) is 6.26. The standard InChI is InChI=1S/C25H32N6O4/c1-25(2,3)35-24(32)26-12-17-5-4-6-20(11-17)34-23-22-7-9-27-31(22)15-21(29-23)18-13-28-30(14-18)19-8-10-33-16-19/h7,9,12-15,17,19-20H,4-6,8,10-11,16H2,1-3H3/t17?,19?,20-/m1/s1. The zero-order valence-corrected chi connectivity index (χ0v) is 20.5. The molecule has 0 radical (unpaired) electrons. The summed E-state index contributed by atoms with van der Waals surface area (Å²) in [4.78, 5) is 20.8. The van der Waals surface area contributed by atoms with E-state index in [1.54, 1.807) is 16.9 Å². The van der Waals surface area contributed by atoms with Crippen LogP contribution in [0.3, 0.4) is 0 Å². The van der Waals surface area contributed by atoms with Gasteiger partial charge in [0, 0.05) is 24.6 Å². The fraction of sp³-hybridized carbons (Fsp3) is 0.560. The van der Waals surface area contributed by atoms with Crippen molar-refractivity contribution >= 4 is 17.8 Å². The Bertz CT molecular complexity index is 1200. The molecule has 1 amide bonds. The summed E-state index contributed by atoms with van der Waals surface area (Å²) in [7, 11) is 0. The zero-order chi connectivity index (χ0) is 24.4.